The van der Waals surface area contributed by atoms with E-state index in [9.17, 15) is 9.59 Å². The summed E-state index contributed by atoms with van der Waals surface area (Å²) in [5.74, 6) is -0.569. The van der Waals surface area contributed by atoms with Crippen molar-refractivity contribution >= 4 is 29.2 Å². The molecule has 17 heavy (non-hydrogen) atoms. The van der Waals surface area contributed by atoms with Crippen molar-refractivity contribution in [2.75, 3.05) is 12.4 Å². The molecule has 0 aliphatic heterocycles. The van der Waals surface area contributed by atoms with Crippen molar-refractivity contribution in [3.05, 3.63) is 29.8 Å². The first-order valence-corrected chi connectivity index (χ1v) is 5.55. The number of anilines is 1. The lowest BCUT2D eigenvalue weighted by Gasteiger charge is -2.08. The summed E-state index contributed by atoms with van der Waals surface area (Å²) < 4.78 is 4.53. The monoisotopic (exact) mass is 255 g/mol. The van der Waals surface area contributed by atoms with Crippen LogP contribution in [0.1, 0.15) is 12.5 Å². The average Bonchev–Trinajstić information content (AvgIpc) is 2.30. The van der Waals surface area contributed by atoms with Crippen LogP contribution in [0, 0.1) is 0 Å². The normalized spacial score (nSPS) is 11.7. The molecule has 0 aromatic heterocycles. The lowest BCUT2D eigenvalue weighted by Crippen LogP contribution is -2.18. The number of hydrogen-bond donors (Lipinski definition) is 1. The summed E-state index contributed by atoms with van der Waals surface area (Å²) >= 11 is 5.85. The molecule has 0 heterocycles. The summed E-state index contributed by atoms with van der Waals surface area (Å²) in [6, 6.07) is 7.14. The first kappa shape index (κ1) is 13.5. The van der Waals surface area contributed by atoms with Crippen molar-refractivity contribution in [3.8, 4) is 0 Å². The standard InChI is InChI=1S/C12H14ClNO3/c1-8(15)14-10-5-3-9(4-6-10)7-11(13)12(16)17-2/h3-6,11H,7H2,1-2H3,(H,14,15). The Bertz CT molecular complexity index is 403. The van der Waals surface area contributed by atoms with Crippen LogP contribution in [-0.2, 0) is 20.7 Å². The first-order chi connectivity index (χ1) is 8.02. The van der Waals surface area contributed by atoms with Gasteiger partial charge in [0.2, 0.25) is 5.91 Å². The van der Waals surface area contributed by atoms with E-state index in [1.54, 1.807) is 12.1 Å². The van der Waals surface area contributed by atoms with Gasteiger partial charge in [-0.1, -0.05) is 12.1 Å². The summed E-state index contributed by atoms with van der Waals surface area (Å²) in [6.45, 7) is 1.44. The number of alkyl halides is 1. The molecule has 1 aromatic carbocycles. The van der Waals surface area contributed by atoms with Gasteiger partial charge < -0.3 is 10.1 Å². The highest BCUT2D eigenvalue weighted by molar-refractivity contribution is 6.30. The molecule has 1 amide bonds. The fourth-order valence-corrected chi connectivity index (χ4v) is 1.61. The van der Waals surface area contributed by atoms with Crippen molar-refractivity contribution in [3.63, 3.8) is 0 Å². The molecular formula is C12H14ClNO3. The number of rotatable bonds is 4. The summed E-state index contributed by atoms with van der Waals surface area (Å²) in [5, 5.41) is 1.97. The van der Waals surface area contributed by atoms with Gasteiger partial charge in [-0.2, -0.15) is 0 Å². The average molecular weight is 256 g/mol. The number of halogens is 1. The van der Waals surface area contributed by atoms with E-state index in [1.165, 1.54) is 14.0 Å². The van der Waals surface area contributed by atoms with Gasteiger partial charge in [-0.25, -0.2) is 0 Å². The third-order valence-electron chi connectivity index (χ3n) is 2.15. The lowest BCUT2D eigenvalue weighted by molar-refractivity contribution is -0.140. The second-order valence-corrected chi connectivity index (χ2v) is 4.10. The predicted molar refractivity (Wildman–Crippen MR) is 66.1 cm³/mol. The Kier molecular flexibility index (Phi) is 4.97. The van der Waals surface area contributed by atoms with Gasteiger partial charge in [-0.3, -0.25) is 9.59 Å². The van der Waals surface area contributed by atoms with E-state index in [-0.39, 0.29) is 5.91 Å². The molecule has 1 rings (SSSR count). The van der Waals surface area contributed by atoms with Gasteiger partial charge in [0.1, 0.15) is 5.38 Å². The molecule has 1 unspecified atom stereocenters. The predicted octanol–water partition coefficient (Wildman–Crippen LogP) is 1.97. The van der Waals surface area contributed by atoms with Gasteiger partial charge in [0.15, 0.2) is 0 Å². The van der Waals surface area contributed by atoms with E-state index in [1.807, 2.05) is 12.1 Å². The lowest BCUT2D eigenvalue weighted by atomic mass is 10.1. The maximum Gasteiger partial charge on any atom is 0.324 e. The third kappa shape index (κ3) is 4.44. The number of carbonyl (C=O) groups excluding carboxylic acids is 2. The van der Waals surface area contributed by atoms with Crippen LogP contribution < -0.4 is 5.32 Å². The molecular weight excluding hydrogens is 242 g/mol. The second kappa shape index (κ2) is 6.25. The summed E-state index contributed by atoms with van der Waals surface area (Å²) in [7, 11) is 1.30. The van der Waals surface area contributed by atoms with Gasteiger partial charge in [-0.15, -0.1) is 11.6 Å². The van der Waals surface area contributed by atoms with Crippen molar-refractivity contribution in [1.29, 1.82) is 0 Å². The molecule has 0 aliphatic carbocycles. The van der Waals surface area contributed by atoms with Gasteiger partial charge in [0, 0.05) is 12.6 Å². The third-order valence-corrected chi connectivity index (χ3v) is 2.48. The summed E-state index contributed by atoms with van der Waals surface area (Å²) in [4.78, 5) is 21.9. The van der Waals surface area contributed by atoms with E-state index in [0.29, 0.717) is 12.1 Å². The van der Waals surface area contributed by atoms with Crippen LogP contribution in [0.3, 0.4) is 0 Å². The fraction of sp³-hybridized carbons (Fsp3) is 0.333. The van der Waals surface area contributed by atoms with Crippen LogP contribution in [-0.4, -0.2) is 24.4 Å². The number of carbonyl (C=O) groups is 2. The second-order valence-electron chi connectivity index (χ2n) is 3.57. The van der Waals surface area contributed by atoms with Crippen molar-refractivity contribution < 1.29 is 14.3 Å². The van der Waals surface area contributed by atoms with Crippen LogP contribution in [0.25, 0.3) is 0 Å². The van der Waals surface area contributed by atoms with E-state index in [4.69, 9.17) is 11.6 Å². The Balaban J connectivity index is 2.62. The maximum atomic E-state index is 11.1. The topological polar surface area (TPSA) is 55.4 Å². The zero-order valence-electron chi connectivity index (χ0n) is 9.70. The Morgan fingerprint density at radius 1 is 1.35 bits per heavy atom. The number of hydrogen-bond acceptors (Lipinski definition) is 3. The van der Waals surface area contributed by atoms with E-state index < -0.39 is 11.3 Å². The molecule has 0 spiro atoms. The fourth-order valence-electron chi connectivity index (χ4n) is 1.35. The Labute approximate surface area is 105 Å². The van der Waals surface area contributed by atoms with Crippen molar-refractivity contribution in [2.45, 2.75) is 18.7 Å². The summed E-state index contributed by atoms with van der Waals surface area (Å²) in [6.07, 6.45) is 0.397. The number of nitrogens with one attached hydrogen (secondary N) is 1. The highest BCUT2D eigenvalue weighted by Gasteiger charge is 2.15. The molecule has 0 saturated heterocycles. The molecule has 1 atom stereocenters. The minimum atomic E-state index is -0.688. The quantitative estimate of drug-likeness (QED) is 0.661. The Morgan fingerprint density at radius 2 is 1.94 bits per heavy atom. The van der Waals surface area contributed by atoms with Gasteiger partial charge in [-0.05, 0) is 24.1 Å². The highest BCUT2D eigenvalue weighted by Crippen LogP contribution is 2.13. The minimum Gasteiger partial charge on any atom is -0.468 e. The molecule has 1 aromatic rings. The van der Waals surface area contributed by atoms with Gasteiger partial charge >= 0.3 is 5.97 Å². The van der Waals surface area contributed by atoms with E-state index in [0.717, 1.165) is 5.56 Å². The zero-order valence-corrected chi connectivity index (χ0v) is 10.5. The van der Waals surface area contributed by atoms with Crippen LogP contribution in [0.2, 0.25) is 0 Å². The van der Waals surface area contributed by atoms with Crippen molar-refractivity contribution in [1.82, 2.24) is 0 Å². The smallest absolute Gasteiger partial charge is 0.324 e. The molecule has 4 nitrogen and oxygen atoms in total. The largest absolute Gasteiger partial charge is 0.468 e. The van der Waals surface area contributed by atoms with Crippen LogP contribution in [0.4, 0.5) is 5.69 Å². The number of amides is 1. The van der Waals surface area contributed by atoms with E-state index >= 15 is 0 Å². The van der Waals surface area contributed by atoms with E-state index in [2.05, 4.69) is 10.1 Å². The van der Waals surface area contributed by atoms with Gasteiger partial charge in [0.25, 0.3) is 0 Å². The zero-order chi connectivity index (χ0) is 12.8. The van der Waals surface area contributed by atoms with Crippen molar-refractivity contribution in [2.24, 2.45) is 0 Å². The van der Waals surface area contributed by atoms with Crippen LogP contribution in [0.5, 0.6) is 0 Å². The SMILES string of the molecule is COC(=O)C(Cl)Cc1ccc(NC(C)=O)cc1. The first-order valence-electron chi connectivity index (χ1n) is 5.11. The summed E-state index contributed by atoms with van der Waals surface area (Å²) in [5.41, 5.74) is 1.62. The number of methoxy groups -OCH3 is 1. The molecule has 0 saturated carbocycles. The molecule has 0 fully saturated rings. The molecule has 0 aliphatic rings. The minimum absolute atomic E-state index is 0.123. The number of benzene rings is 1. The van der Waals surface area contributed by atoms with Crippen LogP contribution in [0.15, 0.2) is 24.3 Å². The molecule has 0 radical (unpaired) electrons. The Hall–Kier alpha value is -1.55. The molecule has 1 N–H and O–H groups in total. The maximum absolute atomic E-state index is 11.1. The molecule has 92 valence electrons. The molecule has 5 heteroatoms. The Morgan fingerprint density at radius 3 is 2.41 bits per heavy atom. The van der Waals surface area contributed by atoms with Gasteiger partial charge in [0.05, 0.1) is 7.11 Å². The van der Waals surface area contributed by atoms with Crippen LogP contribution >= 0.6 is 11.6 Å². The molecule has 0 bridgehead atoms. The number of esters is 1. The number of ether oxygens (including phenoxy) is 1. The highest BCUT2D eigenvalue weighted by atomic mass is 35.5.